The maximum absolute atomic E-state index is 5.64. The summed E-state index contributed by atoms with van der Waals surface area (Å²) in [5, 5.41) is 6.64. The summed E-state index contributed by atoms with van der Waals surface area (Å²) in [6.45, 7) is 11.9. The second kappa shape index (κ2) is 10.9. The summed E-state index contributed by atoms with van der Waals surface area (Å²) < 4.78 is 16.4. The predicted octanol–water partition coefficient (Wildman–Crippen LogP) is 2.19. The van der Waals surface area contributed by atoms with Crippen LogP contribution in [0.25, 0.3) is 0 Å². The Labute approximate surface area is 156 Å². The molecule has 26 heavy (non-hydrogen) atoms. The molecule has 2 rings (SSSR count). The molecule has 0 bridgehead atoms. The normalized spacial score (nSPS) is 16.8. The topological polar surface area (TPSA) is 67.4 Å². The molecule has 1 unspecified atom stereocenters. The molecule has 0 amide bonds. The fourth-order valence-electron chi connectivity index (χ4n) is 2.82. The van der Waals surface area contributed by atoms with Gasteiger partial charge >= 0.3 is 0 Å². The Balaban J connectivity index is 2.03. The Hall–Kier alpha value is -1.99. The number of hydrogen-bond acceptors (Lipinski definition) is 5. The van der Waals surface area contributed by atoms with Crippen molar-refractivity contribution in [1.29, 1.82) is 0 Å². The van der Waals surface area contributed by atoms with E-state index in [1.54, 1.807) is 7.11 Å². The van der Waals surface area contributed by atoms with Gasteiger partial charge in [-0.05, 0) is 32.9 Å². The van der Waals surface area contributed by atoms with E-state index in [0.29, 0.717) is 12.6 Å². The lowest BCUT2D eigenvalue weighted by Crippen LogP contribution is -2.44. The molecule has 2 N–H and O–H groups in total. The highest BCUT2D eigenvalue weighted by Crippen LogP contribution is 2.30. The number of anilines is 1. The molecule has 0 saturated carbocycles. The summed E-state index contributed by atoms with van der Waals surface area (Å²) in [4.78, 5) is 7.16. The van der Waals surface area contributed by atoms with Gasteiger partial charge in [0.25, 0.3) is 0 Å². The molecule has 1 heterocycles. The molecule has 1 atom stereocenters. The third-order valence-corrected chi connectivity index (χ3v) is 4.25. The number of hydrogen-bond donors (Lipinski definition) is 2. The summed E-state index contributed by atoms with van der Waals surface area (Å²) in [5.74, 6) is 2.21. The summed E-state index contributed by atoms with van der Waals surface area (Å²) in [6.07, 6.45) is 0. The first-order valence-electron chi connectivity index (χ1n) is 9.35. The number of nitrogens with one attached hydrogen (secondary N) is 2. The number of rotatable bonds is 8. The number of benzene rings is 1. The molecule has 0 spiro atoms. The minimum atomic E-state index is 0.379. The monoisotopic (exact) mass is 364 g/mol. The van der Waals surface area contributed by atoms with Crippen LogP contribution in [0.2, 0.25) is 0 Å². The van der Waals surface area contributed by atoms with Crippen molar-refractivity contribution in [2.24, 2.45) is 4.99 Å². The Morgan fingerprint density at radius 3 is 2.69 bits per heavy atom. The average molecular weight is 364 g/mol. The molecule has 1 aliphatic rings. The van der Waals surface area contributed by atoms with E-state index < -0.39 is 0 Å². The Morgan fingerprint density at radius 1 is 1.27 bits per heavy atom. The summed E-state index contributed by atoms with van der Waals surface area (Å²) in [7, 11) is 1.64. The maximum atomic E-state index is 5.64. The average Bonchev–Trinajstić information content (AvgIpc) is 2.67. The second-order valence-corrected chi connectivity index (χ2v) is 6.14. The van der Waals surface area contributed by atoms with Crippen LogP contribution in [0.1, 0.15) is 20.8 Å². The zero-order chi connectivity index (χ0) is 18.8. The van der Waals surface area contributed by atoms with Gasteiger partial charge in [-0.3, -0.25) is 9.89 Å². The third kappa shape index (κ3) is 6.07. The maximum Gasteiger partial charge on any atom is 0.195 e. The van der Waals surface area contributed by atoms with Gasteiger partial charge in [0.1, 0.15) is 0 Å². The fourth-order valence-corrected chi connectivity index (χ4v) is 2.82. The van der Waals surface area contributed by atoms with Gasteiger partial charge in [-0.25, -0.2) is 0 Å². The molecule has 0 aromatic heterocycles. The predicted molar refractivity (Wildman–Crippen MR) is 106 cm³/mol. The first kappa shape index (κ1) is 20.3. The van der Waals surface area contributed by atoms with E-state index in [-0.39, 0.29) is 0 Å². The van der Waals surface area contributed by atoms with Crippen LogP contribution in [0.4, 0.5) is 5.69 Å². The minimum absolute atomic E-state index is 0.379. The van der Waals surface area contributed by atoms with Gasteiger partial charge in [0.2, 0.25) is 0 Å². The molecule has 0 radical (unpaired) electrons. The van der Waals surface area contributed by atoms with Crippen LogP contribution in [-0.4, -0.2) is 70.0 Å². The van der Waals surface area contributed by atoms with Crippen molar-refractivity contribution in [3.8, 4) is 11.5 Å². The van der Waals surface area contributed by atoms with Crippen molar-refractivity contribution in [3.63, 3.8) is 0 Å². The van der Waals surface area contributed by atoms with Crippen LogP contribution in [0.15, 0.2) is 23.2 Å². The lowest BCUT2D eigenvalue weighted by atomic mass is 10.2. The van der Waals surface area contributed by atoms with Gasteiger partial charge in [-0.1, -0.05) is 0 Å². The fraction of sp³-hybridized carbons (Fsp3) is 0.632. The quantitative estimate of drug-likeness (QED) is 0.544. The van der Waals surface area contributed by atoms with Gasteiger partial charge < -0.3 is 24.8 Å². The van der Waals surface area contributed by atoms with E-state index in [0.717, 1.165) is 62.5 Å². The lowest BCUT2D eigenvalue weighted by Gasteiger charge is -2.31. The Kier molecular flexibility index (Phi) is 8.50. The molecule has 1 fully saturated rings. The van der Waals surface area contributed by atoms with Crippen LogP contribution in [0.5, 0.6) is 11.5 Å². The van der Waals surface area contributed by atoms with Crippen molar-refractivity contribution in [3.05, 3.63) is 18.2 Å². The van der Waals surface area contributed by atoms with Crippen molar-refractivity contribution >= 4 is 11.6 Å². The van der Waals surface area contributed by atoms with Crippen LogP contribution >= 0.6 is 0 Å². The smallest absolute Gasteiger partial charge is 0.195 e. The molecular formula is C19H32N4O3. The van der Waals surface area contributed by atoms with Crippen molar-refractivity contribution in [2.75, 3.05) is 58.4 Å². The van der Waals surface area contributed by atoms with Gasteiger partial charge in [-0.2, -0.15) is 0 Å². The molecule has 1 aromatic rings. The van der Waals surface area contributed by atoms with E-state index in [2.05, 4.69) is 29.4 Å². The van der Waals surface area contributed by atoms with Crippen molar-refractivity contribution in [1.82, 2.24) is 10.2 Å². The molecule has 7 nitrogen and oxygen atoms in total. The lowest BCUT2D eigenvalue weighted by molar-refractivity contribution is 0.0220. The SMILES string of the molecule is CCNC(=NCC(C)N1CCOCC1)Nc1ccc(OC)c(OCC)c1. The van der Waals surface area contributed by atoms with E-state index in [4.69, 9.17) is 19.2 Å². The number of methoxy groups -OCH3 is 1. The summed E-state index contributed by atoms with van der Waals surface area (Å²) in [5.41, 5.74) is 0.910. The summed E-state index contributed by atoms with van der Waals surface area (Å²) in [6, 6.07) is 6.16. The Morgan fingerprint density at radius 2 is 2.04 bits per heavy atom. The number of ether oxygens (including phenoxy) is 3. The van der Waals surface area contributed by atoms with E-state index >= 15 is 0 Å². The standard InChI is InChI=1S/C19H32N4O3/c1-5-20-19(21-14-15(3)23-9-11-25-12-10-23)22-16-7-8-17(24-4)18(13-16)26-6-2/h7-8,13,15H,5-6,9-12,14H2,1-4H3,(H2,20,21,22). The first-order valence-corrected chi connectivity index (χ1v) is 9.35. The first-order chi connectivity index (χ1) is 12.7. The molecular weight excluding hydrogens is 332 g/mol. The second-order valence-electron chi connectivity index (χ2n) is 6.14. The minimum Gasteiger partial charge on any atom is -0.493 e. The number of nitrogens with zero attached hydrogens (tertiary/aromatic N) is 2. The van der Waals surface area contributed by atoms with Crippen LogP contribution in [-0.2, 0) is 4.74 Å². The molecule has 7 heteroatoms. The zero-order valence-electron chi connectivity index (χ0n) is 16.4. The van der Waals surface area contributed by atoms with Gasteiger partial charge in [0.05, 0.1) is 33.5 Å². The van der Waals surface area contributed by atoms with Gasteiger partial charge in [-0.15, -0.1) is 0 Å². The zero-order valence-corrected chi connectivity index (χ0v) is 16.4. The Bertz CT molecular complexity index is 574. The third-order valence-electron chi connectivity index (χ3n) is 4.25. The molecule has 1 saturated heterocycles. The van der Waals surface area contributed by atoms with Gasteiger partial charge in [0, 0.05) is 37.4 Å². The van der Waals surface area contributed by atoms with Crippen LogP contribution < -0.4 is 20.1 Å². The highest BCUT2D eigenvalue weighted by atomic mass is 16.5. The molecule has 1 aromatic carbocycles. The van der Waals surface area contributed by atoms with E-state index in [1.807, 2.05) is 25.1 Å². The summed E-state index contributed by atoms with van der Waals surface area (Å²) >= 11 is 0. The van der Waals surface area contributed by atoms with Crippen LogP contribution in [0.3, 0.4) is 0 Å². The molecule has 0 aliphatic carbocycles. The van der Waals surface area contributed by atoms with Crippen molar-refractivity contribution in [2.45, 2.75) is 26.8 Å². The largest absolute Gasteiger partial charge is 0.493 e. The van der Waals surface area contributed by atoms with Crippen molar-refractivity contribution < 1.29 is 14.2 Å². The van der Waals surface area contributed by atoms with Gasteiger partial charge in [0.15, 0.2) is 17.5 Å². The van der Waals surface area contributed by atoms with E-state index in [1.165, 1.54) is 0 Å². The van der Waals surface area contributed by atoms with E-state index in [9.17, 15) is 0 Å². The van der Waals surface area contributed by atoms with Crippen LogP contribution in [0, 0.1) is 0 Å². The highest BCUT2D eigenvalue weighted by molar-refractivity contribution is 5.93. The number of aliphatic imine (C=N–C) groups is 1. The number of morpholine rings is 1. The highest BCUT2D eigenvalue weighted by Gasteiger charge is 2.16. The number of guanidine groups is 1. The molecule has 1 aliphatic heterocycles. The molecule has 146 valence electrons.